The molecule has 0 N–H and O–H groups in total. The second-order valence-electron chi connectivity index (χ2n) is 15.4. The minimum absolute atomic E-state index is 0.367. The van der Waals surface area contributed by atoms with E-state index in [2.05, 4.69) is 175 Å². The van der Waals surface area contributed by atoms with Crippen LogP contribution in [0.2, 0.25) is 0 Å². The Hall–Kier alpha value is -5.84. The summed E-state index contributed by atoms with van der Waals surface area (Å²) in [5.41, 5.74) is 15.9. The number of nitrogens with zero attached hydrogens (tertiary/aromatic N) is 5. The van der Waals surface area contributed by atoms with Gasteiger partial charge in [0.2, 0.25) is 0 Å². The number of rotatable bonds is 6. The topological polar surface area (TPSA) is 49.3 Å². The first-order valence-corrected chi connectivity index (χ1v) is 20.8. The molecule has 2 aliphatic carbocycles. The van der Waals surface area contributed by atoms with Crippen LogP contribution >= 0.6 is 0 Å². The Morgan fingerprint density at radius 1 is 0.702 bits per heavy atom. The van der Waals surface area contributed by atoms with Gasteiger partial charge in [-0.1, -0.05) is 50.2 Å². The Kier molecular flexibility index (Phi) is 8.90. The molecule has 4 bridgehead atoms. The number of aromatic nitrogens is 5. The Balaban J connectivity index is 1.04. The zero-order chi connectivity index (χ0) is 38.8. The van der Waals surface area contributed by atoms with Crippen LogP contribution in [0.4, 0.5) is 0 Å². The molecule has 57 heavy (non-hydrogen) atoms. The van der Waals surface area contributed by atoms with Crippen molar-refractivity contribution in [3.05, 3.63) is 177 Å². The van der Waals surface area contributed by atoms with Crippen molar-refractivity contribution >= 4 is 27.3 Å². The standard InChI is InChI=1S/C50H41N5O.Pt/c1-32(2)39-22-23-52-50(25-39)55-47-21-16-40(37-8-6-5-7-9-37)24-46(47)45-20-19-43(27-48(45)55)56-44-26-42(28-51-29-44)53-30-49-38-13-12-35-10-11-36(34(4)33(35)3)14-17-41(18-15-38)54(49)31-53;/h5-11,15-16,18-25,28-30,32H,12-14,17H2,1-4H3;/q-2;. The first kappa shape index (κ1) is 35.6. The number of ether oxygens (including phenoxy) is 1. The predicted octanol–water partition coefficient (Wildman–Crippen LogP) is 11.4. The van der Waals surface area contributed by atoms with Gasteiger partial charge < -0.3 is 0 Å². The Morgan fingerprint density at radius 2 is 1.47 bits per heavy atom. The second-order valence-corrected chi connectivity index (χ2v) is 16.5. The van der Waals surface area contributed by atoms with Crippen LogP contribution in [-0.4, -0.2) is 23.5 Å². The van der Waals surface area contributed by atoms with Gasteiger partial charge in [0.25, 0.3) is 0 Å². The molecule has 5 aromatic heterocycles. The maximum absolute atomic E-state index is 6.57. The minimum atomic E-state index is 0.367. The van der Waals surface area contributed by atoms with Gasteiger partial charge in [-0.25, -0.2) is 0 Å². The van der Waals surface area contributed by atoms with Crippen LogP contribution < -0.4 is 4.74 Å². The van der Waals surface area contributed by atoms with Gasteiger partial charge in [-0.05, 0) is 28.7 Å². The molecule has 4 aromatic carbocycles. The van der Waals surface area contributed by atoms with Crippen molar-refractivity contribution in [3.63, 3.8) is 0 Å². The third-order valence-corrected chi connectivity index (χ3v) is 12.9. The summed E-state index contributed by atoms with van der Waals surface area (Å²) in [4.78, 5) is 9.52. The van der Waals surface area contributed by atoms with Crippen LogP contribution in [0.5, 0.6) is 11.5 Å². The summed E-state index contributed by atoms with van der Waals surface area (Å²) in [6, 6.07) is 42.1. The molecule has 0 fully saturated rings. The molecule has 9 aromatic rings. The molecule has 0 saturated heterocycles. The van der Waals surface area contributed by atoms with Crippen LogP contribution in [0.3, 0.4) is 0 Å². The van der Waals surface area contributed by atoms with Crippen LogP contribution in [0.15, 0.2) is 122 Å². The second kappa shape index (κ2) is 14.3. The van der Waals surface area contributed by atoms with Crippen molar-refractivity contribution in [2.24, 2.45) is 0 Å². The van der Waals surface area contributed by atoms with Gasteiger partial charge in [-0.15, -0.1) is 0 Å². The number of benzene rings is 4. The molecular formula is C50H41N5OPt-2. The van der Waals surface area contributed by atoms with Gasteiger partial charge >= 0.3 is 260 Å². The van der Waals surface area contributed by atoms with Crippen molar-refractivity contribution in [1.29, 1.82) is 0 Å². The van der Waals surface area contributed by atoms with Gasteiger partial charge in [0.15, 0.2) is 0 Å². The molecule has 13 rings (SSSR count). The van der Waals surface area contributed by atoms with E-state index in [1.165, 1.54) is 50.2 Å². The van der Waals surface area contributed by atoms with E-state index in [0.717, 1.165) is 68.4 Å². The quantitative estimate of drug-likeness (QED) is 0.156. The van der Waals surface area contributed by atoms with Gasteiger partial charge in [-0.3, -0.25) is 0 Å². The molecule has 0 radical (unpaired) electrons. The van der Waals surface area contributed by atoms with Crippen LogP contribution in [0.1, 0.15) is 58.8 Å². The molecule has 284 valence electrons. The molecular weight excluding hydrogens is 882 g/mol. The van der Waals surface area contributed by atoms with E-state index in [4.69, 9.17) is 9.72 Å². The van der Waals surface area contributed by atoms with Crippen molar-refractivity contribution in [3.8, 4) is 34.1 Å². The van der Waals surface area contributed by atoms with E-state index in [1.807, 2.05) is 18.5 Å². The van der Waals surface area contributed by atoms with E-state index in [0.29, 0.717) is 17.4 Å². The molecule has 7 heterocycles. The number of imidazole rings is 1. The fraction of sp³-hybridized carbons (Fsp3) is 0.180. The van der Waals surface area contributed by atoms with Crippen molar-refractivity contribution in [1.82, 2.24) is 23.5 Å². The molecule has 4 aliphatic rings. The summed E-state index contributed by atoms with van der Waals surface area (Å²) in [7, 11) is 0. The zero-order valence-corrected chi connectivity index (χ0v) is 34.7. The predicted molar refractivity (Wildman–Crippen MR) is 224 cm³/mol. The molecule has 0 unspecified atom stereocenters. The summed E-state index contributed by atoms with van der Waals surface area (Å²) in [6.07, 6.45) is 11.6. The third-order valence-electron chi connectivity index (χ3n) is 11.8. The molecule has 2 aliphatic heterocycles. The first-order valence-electron chi connectivity index (χ1n) is 19.7. The van der Waals surface area contributed by atoms with E-state index in [-0.39, 0.29) is 0 Å². The Labute approximate surface area is 343 Å². The van der Waals surface area contributed by atoms with E-state index < -0.39 is 0 Å². The van der Waals surface area contributed by atoms with Crippen LogP contribution in [0.25, 0.3) is 50.0 Å². The number of hydrogen-bond acceptors (Lipinski definition) is 3. The number of fused-ring (bicyclic) bond motifs is 3. The number of hydrogen-bond donors (Lipinski definition) is 0. The fourth-order valence-electron chi connectivity index (χ4n) is 8.46. The summed E-state index contributed by atoms with van der Waals surface area (Å²) in [5.74, 6) is 2.33. The van der Waals surface area contributed by atoms with Gasteiger partial charge in [0.1, 0.15) is 0 Å². The van der Waals surface area contributed by atoms with Crippen molar-refractivity contribution < 1.29 is 24.1 Å². The van der Waals surface area contributed by atoms with Crippen LogP contribution in [0, 0.1) is 29.8 Å². The van der Waals surface area contributed by atoms with Crippen LogP contribution in [-0.2, 0) is 45.0 Å². The normalized spacial score (nSPS) is 12.9. The zero-order valence-electron chi connectivity index (χ0n) is 32.4. The first-order chi connectivity index (χ1) is 27.8. The number of pyridine rings is 3. The fourth-order valence-corrected chi connectivity index (χ4v) is 9.48. The van der Waals surface area contributed by atoms with Gasteiger partial charge in [0.05, 0.1) is 0 Å². The summed E-state index contributed by atoms with van der Waals surface area (Å²) in [5, 5.41) is 2.22. The van der Waals surface area contributed by atoms with Gasteiger partial charge in [0, 0.05) is 6.20 Å². The summed E-state index contributed by atoms with van der Waals surface area (Å²) in [6.45, 7) is 8.98. The summed E-state index contributed by atoms with van der Waals surface area (Å²) >= 11 is 2.45. The molecule has 0 atom stereocenters. The summed E-state index contributed by atoms with van der Waals surface area (Å²) < 4.78 is 14.5. The molecule has 6 nitrogen and oxygen atoms in total. The van der Waals surface area contributed by atoms with Crippen molar-refractivity contribution in [2.75, 3.05) is 0 Å². The van der Waals surface area contributed by atoms with Crippen molar-refractivity contribution in [2.45, 2.75) is 59.3 Å². The molecule has 0 amide bonds. The average Bonchev–Trinajstić information content (AvgIpc) is 3.75. The average molecular weight is 923 g/mol. The van der Waals surface area contributed by atoms with E-state index >= 15 is 0 Å². The Bertz CT molecular complexity index is 3080. The van der Waals surface area contributed by atoms with E-state index in [1.54, 1.807) is 6.20 Å². The monoisotopic (exact) mass is 922 g/mol. The van der Waals surface area contributed by atoms with E-state index in [9.17, 15) is 0 Å². The molecule has 0 spiro atoms. The number of aryl methyl sites for hydroxylation is 4. The molecule has 0 saturated carbocycles. The Morgan fingerprint density at radius 3 is 2.28 bits per heavy atom. The molecule has 7 heteroatoms. The maximum atomic E-state index is 6.57. The third kappa shape index (κ3) is 6.27. The van der Waals surface area contributed by atoms with Gasteiger partial charge in [-0.2, -0.15) is 0 Å². The SMILES string of the molecule is Cc1c2ccc(c1C)CCc1ccc(c3cn(-c4[c-]c(Oc5[c-]c6c(cc5)c5cc(-c7ccccc7)ccc5n6-c5cc(C(C)C)ccn5)cnc4)[c](=[Pt])n13)CC2.